The third-order valence-electron chi connectivity index (χ3n) is 3.92. The van der Waals surface area contributed by atoms with Gasteiger partial charge in [0.2, 0.25) is 0 Å². The van der Waals surface area contributed by atoms with Crippen LogP contribution in [0.2, 0.25) is 0 Å². The van der Waals surface area contributed by atoms with Crippen molar-refractivity contribution < 1.29 is 29.5 Å². The molecule has 0 aromatic heterocycles. The van der Waals surface area contributed by atoms with E-state index < -0.39 is 30.7 Å². The van der Waals surface area contributed by atoms with Crippen molar-refractivity contribution in [1.29, 1.82) is 0 Å². The number of aliphatic hydroxyl groups excluding tert-OH is 3. The summed E-state index contributed by atoms with van der Waals surface area (Å²) < 4.78 is 16.2. The molecule has 0 unspecified atom stereocenters. The minimum atomic E-state index is -1.28. The molecular formula is C16H32O6. The first-order valence-electron chi connectivity index (χ1n) is 8.50. The summed E-state index contributed by atoms with van der Waals surface area (Å²) in [6, 6.07) is 0. The maximum Gasteiger partial charge on any atom is 0.186 e. The minimum Gasteiger partial charge on any atom is -0.387 e. The van der Waals surface area contributed by atoms with Gasteiger partial charge in [0.05, 0.1) is 6.61 Å². The fourth-order valence-corrected chi connectivity index (χ4v) is 2.54. The van der Waals surface area contributed by atoms with Gasteiger partial charge in [-0.05, 0) is 13.3 Å². The molecule has 1 aliphatic rings. The summed E-state index contributed by atoms with van der Waals surface area (Å²) in [6.07, 6.45) is 1.81. The molecule has 22 heavy (non-hydrogen) atoms. The molecular weight excluding hydrogens is 288 g/mol. The van der Waals surface area contributed by atoms with Crippen molar-refractivity contribution >= 4 is 0 Å². The van der Waals surface area contributed by atoms with Crippen molar-refractivity contribution in [3.8, 4) is 0 Å². The van der Waals surface area contributed by atoms with E-state index in [0.717, 1.165) is 12.8 Å². The van der Waals surface area contributed by atoms with Crippen LogP contribution < -0.4 is 0 Å². The molecule has 6 nitrogen and oxygen atoms in total. The van der Waals surface area contributed by atoms with E-state index in [9.17, 15) is 15.3 Å². The second-order valence-corrected chi connectivity index (χ2v) is 5.81. The van der Waals surface area contributed by atoms with Crippen LogP contribution in [-0.4, -0.2) is 65.8 Å². The SMILES string of the molecule is CCCCCCCCOC[C@H]1O[C@@H](OCC)[C@H](O)[C@@H](O)[C@@H]1O. The summed E-state index contributed by atoms with van der Waals surface area (Å²) in [5.74, 6) is 0. The minimum absolute atomic E-state index is 0.184. The van der Waals surface area contributed by atoms with Crippen LogP contribution in [0.4, 0.5) is 0 Å². The van der Waals surface area contributed by atoms with Crippen LogP contribution >= 0.6 is 0 Å². The van der Waals surface area contributed by atoms with Crippen molar-refractivity contribution in [2.24, 2.45) is 0 Å². The fourth-order valence-electron chi connectivity index (χ4n) is 2.54. The summed E-state index contributed by atoms with van der Waals surface area (Å²) in [5, 5.41) is 29.5. The number of ether oxygens (including phenoxy) is 3. The molecule has 0 radical (unpaired) electrons. The highest BCUT2D eigenvalue weighted by atomic mass is 16.7. The van der Waals surface area contributed by atoms with E-state index in [1.807, 2.05) is 0 Å². The molecule has 0 saturated carbocycles. The Morgan fingerprint density at radius 3 is 2.23 bits per heavy atom. The largest absolute Gasteiger partial charge is 0.387 e. The van der Waals surface area contributed by atoms with E-state index in [1.54, 1.807) is 6.92 Å². The maximum atomic E-state index is 9.92. The Hall–Kier alpha value is -0.240. The van der Waals surface area contributed by atoms with Gasteiger partial charge in [-0.25, -0.2) is 0 Å². The zero-order valence-electron chi connectivity index (χ0n) is 13.8. The van der Waals surface area contributed by atoms with Crippen LogP contribution in [-0.2, 0) is 14.2 Å². The quantitative estimate of drug-likeness (QED) is 0.496. The molecule has 1 fully saturated rings. The third-order valence-corrected chi connectivity index (χ3v) is 3.92. The zero-order valence-corrected chi connectivity index (χ0v) is 13.8. The van der Waals surface area contributed by atoms with E-state index in [0.29, 0.717) is 13.2 Å². The van der Waals surface area contributed by atoms with Gasteiger partial charge in [0.25, 0.3) is 0 Å². The molecule has 132 valence electrons. The van der Waals surface area contributed by atoms with Crippen molar-refractivity contribution in [3.63, 3.8) is 0 Å². The van der Waals surface area contributed by atoms with Crippen LogP contribution in [0.3, 0.4) is 0 Å². The topological polar surface area (TPSA) is 88.4 Å². The summed E-state index contributed by atoms with van der Waals surface area (Å²) in [4.78, 5) is 0. The molecule has 0 spiro atoms. The van der Waals surface area contributed by atoms with E-state index in [-0.39, 0.29) is 6.61 Å². The molecule has 5 atom stereocenters. The number of aliphatic hydroxyl groups is 3. The number of hydrogen-bond acceptors (Lipinski definition) is 6. The predicted molar refractivity (Wildman–Crippen MR) is 82.5 cm³/mol. The fraction of sp³-hybridized carbons (Fsp3) is 1.00. The Morgan fingerprint density at radius 2 is 1.55 bits per heavy atom. The van der Waals surface area contributed by atoms with Crippen LogP contribution in [0.1, 0.15) is 52.4 Å². The Morgan fingerprint density at radius 1 is 0.864 bits per heavy atom. The van der Waals surface area contributed by atoms with Crippen LogP contribution in [0.5, 0.6) is 0 Å². The Kier molecular flexibility index (Phi) is 10.2. The second-order valence-electron chi connectivity index (χ2n) is 5.81. The standard InChI is InChI=1S/C16H32O6/c1-3-5-6-7-8-9-10-20-11-12-13(17)14(18)15(19)16(22-12)21-4-2/h12-19H,3-11H2,1-2H3/t12-,13-,14+,15-,16-/m1/s1. The van der Waals surface area contributed by atoms with Crippen molar-refractivity contribution in [1.82, 2.24) is 0 Å². The lowest BCUT2D eigenvalue weighted by Crippen LogP contribution is -2.59. The van der Waals surface area contributed by atoms with Crippen molar-refractivity contribution in [3.05, 3.63) is 0 Å². The first kappa shape index (κ1) is 19.8. The molecule has 0 aromatic rings. The molecule has 1 rings (SSSR count). The van der Waals surface area contributed by atoms with Gasteiger partial charge in [0, 0.05) is 13.2 Å². The van der Waals surface area contributed by atoms with E-state index >= 15 is 0 Å². The lowest BCUT2D eigenvalue weighted by molar-refractivity contribution is -0.301. The van der Waals surface area contributed by atoms with Crippen LogP contribution in [0, 0.1) is 0 Å². The molecule has 0 bridgehead atoms. The molecule has 0 amide bonds. The second kappa shape index (κ2) is 11.3. The van der Waals surface area contributed by atoms with Gasteiger partial charge in [0.15, 0.2) is 6.29 Å². The Bertz CT molecular complexity index is 275. The first-order chi connectivity index (χ1) is 10.6. The average molecular weight is 320 g/mol. The predicted octanol–water partition coefficient (Wildman–Crippen LogP) is 1.21. The number of rotatable bonds is 11. The average Bonchev–Trinajstić information content (AvgIpc) is 2.52. The van der Waals surface area contributed by atoms with Crippen molar-refractivity contribution in [2.75, 3.05) is 19.8 Å². The number of unbranched alkanes of at least 4 members (excludes halogenated alkanes) is 5. The molecule has 0 aliphatic carbocycles. The van der Waals surface area contributed by atoms with Gasteiger partial charge < -0.3 is 29.5 Å². The summed E-state index contributed by atoms with van der Waals surface area (Å²) in [7, 11) is 0. The lowest BCUT2D eigenvalue weighted by Gasteiger charge is -2.40. The first-order valence-corrected chi connectivity index (χ1v) is 8.50. The van der Waals surface area contributed by atoms with E-state index in [1.165, 1.54) is 25.7 Å². The Balaban J connectivity index is 2.20. The van der Waals surface area contributed by atoms with Gasteiger partial charge in [0.1, 0.15) is 24.4 Å². The van der Waals surface area contributed by atoms with Gasteiger partial charge in [-0.3, -0.25) is 0 Å². The molecule has 1 aliphatic heterocycles. The smallest absolute Gasteiger partial charge is 0.186 e. The summed E-state index contributed by atoms with van der Waals surface area (Å²) in [5.41, 5.74) is 0. The van der Waals surface area contributed by atoms with Crippen molar-refractivity contribution in [2.45, 2.75) is 83.1 Å². The van der Waals surface area contributed by atoms with Crippen LogP contribution in [0.15, 0.2) is 0 Å². The highest BCUT2D eigenvalue weighted by Gasteiger charge is 2.44. The monoisotopic (exact) mass is 320 g/mol. The van der Waals surface area contributed by atoms with Gasteiger partial charge in [-0.15, -0.1) is 0 Å². The lowest BCUT2D eigenvalue weighted by atomic mass is 9.99. The highest BCUT2D eigenvalue weighted by molar-refractivity contribution is 4.89. The van der Waals surface area contributed by atoms with Crippen LogP contribution in [0.25, 0.3) is 0 Å². The zero-order chi connectivity index (χ0) is 16.4. The van der Waals surface area contributed by atoms with Gasteiger partial charge in [-0.1, -0.05) is 39.0 Å². The maximum absolute atomic E-state index is 9.92. The molecule has 1 heterocycles. The van der Waals surface area contributed by atoms with Gasteiger partial charge >= 0.3 is 0 Å². The summed E-state index contributed by atoms with van der Waals surface area (Å²) in [6.45, 7) is 5.12. The Labute approximate surface area is 133 Å². The van der Waals surface area contributed by atoms with E-state index in [2.05, 4.69) is 6.92 Å². The molecule has 1 saturated heterocycles. The molecule has 6 heteroatoms. The number of hydrogen-bond donors (Lipinski definition) is 3. The van der Waals surface area contributed by atoms with E-state index in [4.69, 9.17) is 14.2 Å². The third kappa shape index (κ3) is 6.48. The molecule has 3 N–H and O–H groups in total. The van der Waals surface area contributed by atoms with Gasteiger partial charge in [-0.2, -0.15) is 0 Å². The highest BCUT2D eigenvalue weighted by Crippen LogP contribution is 2.22. The summed E-state index contributed by atoms with van der Waals surface area (Å²) >= 11 is 0. The molecule has 0 aromatic carbocycles. The normalized spacial score (nSPS) is 32.3.